The Morgan fingerprint density at radius 2 is 1.87 bits per heavy atom. The number of amides is 1. The molecule has 1 fully saturated rings. The van der Waals surface area contributed by atoms with Gasteiger partial charge in [0.15, 0.2) is 5.96 Å². The van der Waals surface area contributed by atoms with Gasteiger partial charge in [-0.15, -0.1) is 24.0 Å². The number of rotatable bonds is 9. The Balaban J connectivity index is 0.00000341. The molecule has 0 heterocycles. The maximum absolute atomic E-state index is 13.6. The van der Waals surface area contributed by atoms with E-state index in [2.05, 4.69) is 46.1 Å². The number of carbonyl (C=O) groups excluding carboxylic acids is 1. The zero-order valence-electron chi connectivity index (χ0n) is 17.9. The van der Waals surface area contributed by atoms with E-state index in [0.717, 1.165) is 23.5 Å². The van der Waals surface area contributed by atoms with Crippen molar-refractivity contribution in [2.75, 3.05) is 26.7 Å². The van der Waals surface area contributed by atoms with E-state index in [1.54, 1.807) is 19.2 Å². The number of hydrogen-bond donors (Lipinski definition) is 3. The number of benzene rings is 2. The van der Waals surface area contributed by atoms with Crippen LogP contribution >= 0.6 is 24.0 Å². The van der Waals surface area contributed by atoms with Crippen LogP contribution in [0.15, 0.2) is 47.5 Å². The molecule has 0 aromatic heterocycles. The third-order valence-corrected chi connectivity index (χ3v) is 4.89. The molecule has 1 aliphatic rings. The van der Waals surface area contributed by atoms with Crippen LogP contribution in [0.1, 0.15) is 34.3 Å². The minimum Gasteiger partial charge on any atom is -0.493 e. The van der Waals surface area contributed by atoms with Crippen LogP contribution in [-0.4, -0.2) is 38.6 Å². The molecule has 2 aromatic carbocycles. The van der Waals surface area contributed by atoms with E-state index in [0.29, 0.717) is 31.5 Å². The summed E-state index contributed by atoms with van der Waals surface area (Å²) in [5.74, 6) is 1.25. The first kappa shape index (κ1) is 24.9. The molecule has 31 heavy (non-hydrogen) atoms. The van der Waals surface area contributed by atoms with Gasteiger partial charge in [0, 0.05) is 32.2 Å². The van der Waals surface area contributed by atoms with Crippen LogP contribution in [0.25, 0.3) is 0 Å². The smallest absolute Gasteiger partial charge is 0.254 e. The average molecular weight is 540 g/mol. The van der Waals surface area contributed by atoms with Gasteiger partial charge in [-0.1, -0.05) is 24.3 Å². The van der Waals surface area contributed by atoms with Crippen LogP contribution in [-0.2, 0) is 6.54 Å². The molecule has 0 bridgehead atoms. The molecule has 0 unspecified atom stereocenters. The lowest BCUT2D eigenvalue weighted by Crippen LogP contribution is -2.41. The lowest BCUT2D eigenvalue weighted by atomic mass is 10.1. The zero-order chi connectivity index (χ0) is 21.3. The molecule has 0 aliphatic heterocycles. The summed E-state index contributed by atoms with van der Waals surface area (Å²) in [6, 6.07) is 12.1. The first-order valence-corrected chi connectivity index (χ1v) is 10.3. The van der Waals surface area contributed by atoms with E-state index in [-0.39, 0.29) is 29.5 Å². The van der Waals surface area contributed by atoms with Crippen molar-refractivity contribution in [3.05, 3.63) is 65.0 Å². The minimum atomic E-state index is -0.529. The van der Waals surface area contributed by atoms with Crippen molar-refractivity contribution in [1.82, 2.24) is 16.0 Å². The van der Waals surface area contributed by atoms with E-state index in [1.807, 2.05) is 0 Å². The van der Waals surface area contributed by atoms with Gasteiger partial charge in [-0.25, -0.2) is 4.39 Å². The summed E-state index contributed by atoms with van der Waals surface area (Å²) in [5, 5.41) is 9.10. The van der Waals surface area contributed by atoms with Crippen molar-refractivity contribution in [1.29, 1.82) is 0 Å². The normalized spacial score (nSPS) is 13.2. The van der Waals surface area contributed by atoms with Crippen LogP contribution in [0.3, 0.4) is 0 Å². The molecule has 1 amide bonds. The van der Waals surface area contributed by atoms with Crippen LogP contribution in [0.4, 0.5) is 4.39 Å². The Morgan fingerprint density at radius 1 is 1.13 bits per heavy atom. The Hall–Kier alpha value is -2.36. The Morgan fingerprint density at radius 3 is 2.58 bits per heavy atom. The highest BCUT2D eigenvalue weighted by molar-refractivity contribution is 14.0. The number of carbonyl (C=O) groups is 1. The lowest BCUT2D eigenvalue weighted by molar-refractivity contribution is 0.0950. The standard InChI is InChI=1S/C23H29FN4O2.HI/c1-16-7-10-18(21(13-16)30-15-17-8-9-17)14-28-23(25-2)27-12-11-26-22(29)19-5-3-4-6-20(19)24;/h3-7,10,13,17H,8-9,11-12,14-15H2,1-2H3,(H,26,29)(H2,25,27,28);1H. The number of ether oxygens (including phenoxy) is 1. The molecule has 0 saturated heterocycles. The number of hydrogen-bond acceptors (Lipinski definition) is 3. The van der Waals surface area contributed by atoms with Crippen LogP contribution in [0.2, 0.25) is 0 Å². The number of halogens is 2. The number of nitrogens with one attached hydrogen (secondary N) is 3. The van der Waals surface area contributed by atoms with Crippen molar-refractivity contribution < 1.29 is 13.9 Å². The fourth-order valence-electron chi connectivity index (χ4n) is 2.93. The van der Waals surface area contributed by atoms with Gasteiger partial charge in [0.2, 0.25) is 0 Å². The van der Waals surface area contributed by atoms with Gasteiger partial charge in [0.25, 0.3) is 5.91 Å². The van der Waals surface area contributed by atoms with Gasteiger partial charge < -0.3 is 20.7 Å². The third-order valence-electron chi connectivity index (χ3n) is 4.89. The monoisotopic (exact) mass is 540 g/mol. The number of nitrogens with zero attached hydrogens (tertiary/aromatic N) is 1. The minimum absolute atomic E-state index is 0. The van der Waals surface area contributed by atoms with Crippen LogP contribution in [0, 0.1) is 18.7 Å². The molecule has 3 N–H and O–H groups in total. The molecule has 2 aromatic rings. The lowest BCUT2D eigenvalue weighted by Gasteiger charge is -2.15. The summed E-state index contributed by atoms with van der Waals surface area (Å²) in [6.07, 6.45) is 2.51. The molecule has 0 spiro atoms. The van der Waals surface area contributed by atoms with Crippen molar-refractivity contribution in [2.24, 2.45) is 10.9 Å². The molecule has 1 saturated carbocycles. The first-order valence-electron chi connectivity index (χ1n) is 10.3. The van der Waals surface area contributed by atoms with E-state index < -0.39 is 11.7 Å². The molecule has 6 nitrogen and oxygen atoms in total. The molecular formula is C23H30FIN4O2. The second-order valence-corrected chi connectivity index (χ2v) is 7.45. The third kappa shape index (κ3) is 8.01. The molecular weight excluding hydrogens is 510 g/mol. The van der Waals surface area contributed by atoms with Crippen LogP contribution in [0.5, 0.6) is 5.75 Å². The van der Waals surface area contributed by atoms with Gasteiger partial charge in [0.1, 0.15) is 11.6 Å². The van der Waals surface area contributed by atoms with Crippen molar-refractivity contribution in [2.45, 2.75) is 26.3 Å². The van der Waals surface area contributed by atoms with Gasteiger partial charge in [-0.2, -0.15) is 0 Å². The highest BCUT2D eigenvalue weighted by Crippen LogP contribution is 2.30. The predicted octanol–water partition coefficient (Wildman–Crippen LogP) is 3.64. The molecule has 3 rings (SSSR count). The molecule has 8 heteroatoms. The van der Waals surface area contributed by atoms with E-state index >= 15 is 0 Å². The second-order valence-electron chi connectivity index (χ2n) is 7.45. The van der Waals surface area contributed by atoms with Gasteiger partial charge >= 0.3 is 0 Å². The van der Waals surface area contributed by atoms with Gasteiger partial charge in [0.05, 0.1) is 12.2 Å². The van der Waals surface area contributed by atoms with E-state index in [1.165, 1.54) is 25.0 Å². The quantitative estimate of drug-likeness (QED) is 0.197. The summed E-state index contributed by atoms with van der Waals surface area (Å²) < 4.78 is 19.6. The maximum Gasteiger partial charge on any atom is 0.254 e. The number of aliphatic imine (C=N–C) groups is 1. The fraction of sp³-hybridized carbons (Fsp3) is 0.391. The van der Waals surface area contributed by atoms with Crippen molar-refractivity contribution in [3.63, 3.8) is 0 Å². The molecule has 0 radical (unpaired) electrons. The predicted molar refractivity (Wildman–Crippen MR) is 132 cm³/mol. The first-order chi connectivity index (χ1) is 14.6. The number of aryl methyl sites for hydroxylation is 1. The second kappa shape index (κ2) is 12.5. The van der Waals surface area contributed by atoms with Crippen molar-refractivity contribution >= 4 is 35.8 Å². The highest BCUT2D eigenvalue weighted by atomic mass is 127. The SMILES string of the molecule is CN=C(NCCNC(=O)c1ccccc1F)NCc1ccc(C)cc1OCC1CC1.I. The summed E-state index contributed by atoms with van der Waals surface area (Å²) in [6.45, 7) is 4.19. The molecule has 168 valence electrons. The number of guanidine groups is 1. The Bertz CT molecular complexity index is 903. The van der Waals surface area contributed by atoms with E-state index in [9.17, 15) is 9.18 Å². The maximum atomic E-state index is 13.6. The average Bonchev–Trinajstić information content (AvgIpc) is 3.57. The van der Waals surface area contributed by atoms with Crippen LogP contribution < -0.4 is 20.7 Å². The highest BCUT2D eigenvalue weighted by Gasteiger charge is 2.22. The van der Waals surface area contributed by atoms with Gasteiger partial charge in [-0.05, 0) is 49.4 Å². The summed E-state index contributed by atoms with van der Waals surface area (Å²) in [5.41, 5.74) is 2.27. The van der Waals surface area contributed by atoms with E-state index in [4.69, 9.17) is 4.74 Å². The Labute approximate surface area is 200 Å². The largest absolute Gasteiger partial charge is 0.493 e. The summed E-state index contributed by atoms with van der Waals surface area (Å²) in [4.78, 5) is 16.2. The fourth-order valence-corrected chi connectivity index (χ4v) is 2.93. The summed E-state index contributed by atoms with van der Waals surface area (Å²) >= 11 is 0. The van der Waals surface area contributed by atoms with Gasteiger partial charge in [-0.3, -0.25) is 9.79 Å². The van der Waals surface area contributed by atoms with Crippen molar-refractivity contribution in [3.8, 4) is 5.75 Å². The molecule has 1 aliphatic carbocycles. The topological polar surface area (TPSA) is 74.8 Å². The zero-order valence-corrected chi connectivity index (χ0v) is 20.2. The summed E-state index contributed by atoms with van der Waals surface area (Å²) in [7, 11) is 1.69. The Kier molecular flexibility index (Phi) is 10.0. The molecule has 0 atom stereocenters.